The first-order valence-corrected chi connectivity index (χ1v) is 8.61. The zero-order valence-electron chi connectivity index (χ0n) is 12.9. The van der Waals surface area contributed by atoms with Gasteiger partial charge in [0.05, 0.1) is 0 Å². The standard InChI is InChI=1S/C17H30N2/c1-4-11(2)19-9-16-12-5-6-13(17(16)10-19)15-8-18(3)7-14(12)15/h11-17H,4-10H2,1-3H3. The molecule has 2 heterocycles. The molecule has 5 aliphatic rings. The lowest BCUT2D eigenvalue weighted by Gasteiger charge is -2.52. The Bertz CT molecular complexity index is 327. The Morgan fingerprint density at radius 2 is 1.32 bits per heavy atom. The van der Waals surface area contributed by atoms with Crippen molar-refractivity contribution in [3.05, 3.63) is 0 Å². The van der Waals surface area contributed by atoms with Gasteiger partial charge < -0.3 is 9.80 Å². The lowest BCUT2D eigenvalue weighted by atomic mass is 9.52. The van der Waals surface area contributed by atoms with Crippen LogP contribution in [0.5, 0.6) is 0 Å². The molecule has 5 rings (SSSR count). The fraction of sp³-hybridized carbons (Fsp3) is 1.00. The van der Waals surface area contributed by atoms with Gasteiger partial charge in [-0.25, -0.2) is 0 Å². The van der Waals surface area contributed by atoms with Crippen LogP contribution in [0.15, 0.2) is 0 Å². The first kappa shape index (κ1) is 12.6. The summed E-state index contributed by atoms with van der Waals surface area (Å²) in [6.07, 6.45) is 4.43. The summed E-state index contributed by atoms with van der Waals surface area (Å²) in [4.78, 5) is 5.44. The second-order valence-corrected chi connectivity index (χ2v) is 7.99. The van der Waals surface area contributed by atoms with E-state index < -0.39 is 0 Å². The molecule has 19 heavy (non-hydrogen) atoms. The Hall–Kier alpha value is -0.0800. The van der Waals surface area contributed by atoms with Crippen LogP contribution in [0.1, 0.15) is 33.1 Å². The van der Waals surface area contributed by atoms with E-state index in [0.29, 0.717) is 0 Å². The van der Waals surface area contributed by atoms with Crippen molar-refractivity contribution in [3.63, 3.8) is 0 Å². The third kappa shape index (κ3) is 1.75. The Balaban J connectivity index is 1.57. The van der Waals surface area contributed by atoms with Crippen LogP contribution in [0, 0.1) is 35.5 Å². The van der Waals surface area contributed by atoms with E-state index in [1.54, 1.807) is 12.8 Å². The van der Waals surface area contributed by atoms with Crippen molar-refractivity contribution in [2.45, 2.75) is 39.2 Å². The Morgan fingerprint density at radius 3 is 1.79 bits per heavy atom. The Morgan fingerprint density at radius 1 is 0.842 bits per heavy atom. The van der Waals surface area contributed by atoms with Gasteiger partial charge in [-0.15, -0.1) is 0 Å². The summed E-state index contributed by atoms with van der Waals surface area (Å²) in [5.41, 5.74) is 0. The third-order valence-electron chi connectivity index (χ3n) is 7.28. The van der Waals surface area contributed by atoms with Crippen LogP contribution < -0.4 is 0 Å². The topological polar surface area (TPSA) is 6.48 Å². The molecule has 2 nitrogen and oxygen atoms in total. The quantitative estimate of drug-likeness (QED) is 0.754. The van der Waals surface area contributed by atoms with Gasteiger partial charge in [-0.1, -0.05) is 6.92 Å². The van der Waals surface area contributed by atoms with Gasteiger partial charge in [-0.05, 0) is 68.7 Å². The monoisotopic (exact) mass is 262 g/mol. The molecule has 0 N–H and O–H groups in total. The van der Waals surface area contributed by atoms with Gasteiger partial charge in [0.15, 0.2) is 0 Å². The molecule has 108 valence electrons. The summed E-state index contributed by atoms with van der Waals surface area (Å²) in [6.45, 7) is 10.4. The minimum Gasteiger partial charge on any atom is -0.306 e. The molecule has 2 bridgehead atoms. The summed E-state index contributed by atoms with van der Waals surface area (Å²) < 4.78 is 0. The first-order chi connectivity index (χ1) is 9.19. The number of hydrogen-bond acceptors (Lipinski definition) is 2. The van der Waals surface area contributed by atoms with Gasteiger partial charge in [-0.2, -0.15) is 0 Å². The largest absolute Gasteiger partial charge is 0.306 e. The number of fused-ring (bicyclic) bond motifs is 1. The molecule has 3 saturated carbocycles. The van der Waals surface area contributed by atoms with Crippen molar-refractivity contribution in [2.75, 3.05) is 33.2 Å². The van der Waals surface area contributed by atoms with Crippen molar-refractivity contribution in [2.24, 2.45) is 35.5 Å². The van der Waals surface area contributed by atoms with Crippen LogP contribution in [-0.2, 0) is 0 Å². The zero-order chi connectivity index (χ0) is 13.1. The minimum atomic E-state index is 0.813. The van der Waals surface area contributed by atoms with Gasteiger partial charge >= 0.3 is 0 Å². The predicted octanol–water partition coefficient (Wildman–Crippen LogP) is 2.55. The molecule has 7 unspecified atom stereocenters. The normalized spacial score (nSPS) is 51.3. The lowest BCUT2D eigenvalue weighted by molar-refractivity contribution is -0.0289. The van der Waals surface area contributed by atoms with Crippen molar-refractivity contribution < 1.29 is 0 Å². The van der Waals surface area contributed by atoms with E-state index in [2.05, 4.69) is 30.7 Å². The van der Waals surface area contributed by atoms with Crippen LogP contribution in [0.3, 0.4) is 0 Å². The highest BCUT2D eigenvalue weighted by molar-refractivity contribution is 5.08. The highest BCUT2D eigenvalue weighted by atomic mass is 15.2. The molecule has 2 heteroatoms. The van der Waals surface area contributed by atoms with Crippen LogP contribution in [0.25, 0.3) is 0 Å². The molecule has 0 amide bonds. The second-order valence-electron chi connectivity index (χ2n) is 7.99. The van der Waals surface area contributed by atoms with Gasteiger partial charge in [0.1, 0.15) is 0 Å². The number of nitrogens with zero attached hydrogens (tertiary/aromatic N) is 2. The molecular formula is C17H30N2. The molecule has 3 aliphatic carbocycles. The van der Waals surface area contributed by atoms with Gasteiger partial charge in [0, 0.05) is 32.2 Å². The SMILES string of the molecule is CCC(C)N1CC2C3CCC(C4CN(C)CC34)C2C1. The summed E-state index contributed by atoms with van der Waals surface area (Å²) in [5.74, 6) is 6.36. The average Bonchev–Trinajstić information content (AvgIpc) is 3.01. The number of hydrogen-bond donors (Lipinski definition) is 0. The smallest absolute Gasteiger partial charge is 0.00645 e. The van der Waals surface area contributed by atoms with Crippen LogP contribution in [-0.4, -0.2) is 49.1 Å². The predicted molar refractivity (Wildman–Crippen MR) is 79.0 cm³/mol. The van der Waals surface area contributed by atoms with Crippen molar-refractivity contribution in [1.29, 1.82) is 0 Å². The maximum absolute atomic E-state index is 2.82. The molecule has 2 aliphatic heterocycles. The summed E-state index contributed by atoms with van der Waals surface area (Å²) in [6, 6.07) is 0.813. The maximum Gasteiger partial charge on any atom is 0.00645 e. The molecule has 0 radical (unpaired) electrons. The fourth-order valence-corrected chi connectivity index (χ4v) is 6.26. The van der Waals surface area contributed by atoms with E-state index in [1.807, 2.05) is 0 Å². The maximum atomic E-state index is 2.82. The summed E-state index contributed by atoms with van der Waals surface area (Å²) >= 11 is 0. The summed E-state index contributed by atoms with van der Waals surface area (Å²) in [7, 11) is 2.35. The third-order valence-corrected chi connectivity index (χ3v) is 7.28. The molecular weight excluding hydrogens is 232 g/mol. The number of likely N-dealkylation sites (tertiary alicyclic amines) is 2. The Labute approximate surface area is 118 Å². The van der Waals surface area contributed by atoms with Gasteiger partial charge in [0.2, 0.25) is 0 Å². The molecule has 0 aromatic carbocycles. The minimum absolute atomic E-state index is 0.813. The average molecular weight is 262 g/mol. The van der Waals surface area contributed by atoms with Crippen LogP contribution in [0.4, 0.5) is 0 Å². The number of rotatable bonds is 2. The van der Waals surface area contributed by atoms with E-state index >= 15 is 0 Å². The second kappa shape index (κ2) is 4.46. The van der Waals surface area contributed by atoms with E-state index in [4.69, 9.17) is 0 Å². The lowest BCUT2D eigenvalue weighted by Crippen LogP contribution is -2.49. The van der Waals surface area contributed by atoms with E-state index in [0.717, 1.165) is 41.5 Å². The molecule has 5 fully saturated rings. The van der Waals surface area contributed by atoms with E-state index in [1.165, 1.54) is 32.6 Å². The van der Waals surface area contributed by atoms with Gasteiger partial charge in [0.25, 0.3) is 0 Å². The molecule has 0 aromatic heterocycles. The van der Waals surface area contributed by atoms with Crippen molar-refractivity contribution in [3.8, 4) is 0 Å². The summed E-state index contributed by atoms with van der Waals surface area (Å²) in [5, 5.41) is 0. The molecule has 7 atom stereocenters. The van der Waals surface area contributed by atoms with Crippen molar-refractivity contribution >= 4 is 0 Å². The van der Waals surface area contributed by atoms with Crippen LogP contribution >= 0.6 is 0 Å². The highest BCUT2D eigenvalue weighted by Gasteiger charge is 2.58. The van der Waals surface area contributed by atoms with E-state index in [9.17, 15) is 0 Å². The first-order valence-electron chi connectivity index (χ1n) is 8.61. The fourth-order valence-electron chi connectivity index (χ4n) is 6.26. The van der Waals surface area contributed by atoms with Crippen molar-refractivity contribution in [1.82, 2.24) is 9.80 Å². The Kier molecular flexibility index (Phi) is 2.97. The van der Waals surface area contributed by atoms with E-state index in [-0.39, 0.29) is 0 Å². The zero-order valence-corrected chi connectivity index (χ0v) is 12.9. The highest BCUT2D eigenvalue weighted by Crippen LogP contribution is 2.59. The molecule has 2 saturated heterocycles. The molecule has 0 spiro atoms. The van der Waals surface area contributed by atoms with Crippen LogP contribution in [0.2, 0.25) is 0 Å². The van der Waals surface area contributed by atoms with Gasteiger partial charge in [-0.3, -0.25) is 0 Å². The molecule has 0 aromatic rings.